The molecule has 5 nitrogen and oxygen atoms in total. The number of rotatable bonds is 5. The summed E-state index contributed by atoms with van der Waals surface area (Å²) >= 11 is 3.32. The molecule has 0 saturated carbocycles. The smallest absolute Gasteiger partial charge is 0.242 e. The summed E-state index contributed by atoms with van der Waals surface area (Å²) < 4.78 is 28.5. The van der Waals surface area contributed by atoms with E-state index in [0.717, 1.165) is 15.2 Å². The van der Waals surface area contributed by atoms with Crippen LogP contribution in [0.3, 0.4) is 0 Å². The van der Waals surface area contributed by atoms with Crippen molar-refractivity contribution in [2.45, 2.75) is 17.9 Å². The van der Waals surface area contributed by atoms with Crippen LogP contribution in [0.4, 0.5) is 5.69 Å². The van der Waals surface area contributed by atoms with Gasteiger partial charge in [0.05, 0.1) is 10.9 Å². The first-order chi connectivity index (χ1) is 12.3. The molecule has 7 heteroatoms. The van der Waals surface area contributed by atoms with Gasteiger partial charge in [-0.3, -0.25) is 4.79 Å². The topological polar surface area (TPSA) is 75.3 Å². The number of halogens is 1. The largest absolute Gasteiger partial charge is 0.325 e. The first-order valence-corrected chi connectivity index (χ1v) is 10.2. The molecular weight excluding hydrogens is 416 g/mol. The zero-order valence-electron chi connectivity index (χ0n) is 13.9. The summed E-state index contributed by atoms with van der Waals surface area (Å²) in [5, 5.41) is 4.46. The van der Waals surface area contributed by atoms with Crippen LogP contribution in [0.5, 0.6) is 0 Å². The fourth-order valence-electron chi connectivity index (χ4n) is 2.47. The van der Waals surface area contributed by atoms with E-state index in [0.29, 0.717) is 5.69 Å². The van der Waals surface area contributed by atoms with Crippen molar-refractivity contribution in [3.05, 3.63) is 71.2 Å². The van der Waals surface area contributed by atoms with Crippen molar-refractivity contribution >= 4 is 48.3 Å². The molecule has 3 aromatic rings. The number of hydrogen-bond donors (Lipinski definition) is 2. The minimum absolute atomic E-state index is 0.125. The molecule has 0 radical (unpaired) electrons. The van der Waals surface area contributed by atoms with Crippen LogP contribution in [0.2, 0.25) is 0 Å². The summed E-state index contributed by atoms with van der Waals surface area (Å²) in [6.45, 7) is 1.51. The highest BCUT2D eigenvalue weighted by Gasteiger charge is 2.22. The van der Waals surface area contributed by atoms with Crippen LogP contribution in [-0.4, -0.2) is 20.4 Å². The Kier molecular flexibility index (Phi) is 5.41. The number of amides is 1. The number of nitrogens with one attached hydrogen (secondary N) is 2. The molecule has 0 fully saturated rings. The van der Waals surface area contributed by atoms with Crippen molar-refractivity contribution in [3.63, 3.8) is 0 Å². The summed E-state index contributed by atoms with van der Waals surface area (Å²) in [6.07, 6.45) is 0. The lowest BCUT2D eigenvalue weighted by molar-refractivity contribution is -0.117. The highest BCUT2D eigenvalue weighted by atomic mass is 79.9. The van der Waals surface area contributed by atoms with E-state index in [1.54, 1.807) is 36.4 Å². The van der Waals surface area contributed by atoms with Gasteiger partial charge in [0.2, 0.25) is 15.9 Å². The van der Waals surface area contributed by atoms with Gasteiger partial charge >= 0.3 is 0 Å². The quantitative estimate of drug-likeness (QED) is 0.641. The first-order valence-electron chi connectivity index (χ1n) is 7.93. The van der Waals surface area contributed by atoms with Crippen LogP contribution in [0, 0.1) is 0 Å². The van der Waals surface area contributed by atoms with Crippen LogP contribution in [-0.2, 0) is 14.8 Å². The molecular formula is C19H17BrN2O3S. The van der Waals surface area contributed by atoms with Crippen LogP contribution in [0.25, 0.3) is 10.8 Å². The second-order valence-corrected chi connectivity index (χ2v) is 8.48. The molecule has 0 aliphatic carbocycles. The Hall–Kier alpha value is -2.22. The maximum Gasteiger partial charge on any atom is 0.242 e. The van der Waals surface area contributed by atoms with Gasteiger partial charge in [0, 0.05) is 10.2 Å². The molecule has 0 spiro atoms. The molecule has 1 unspecified atom stereocenters. The maximum absolute atomic E-state index is 12.6. The molecule has 0 heterocycles. The van der Waals surface area contributed by atoms with Crippen molar-refractivity contribution < 1.29 is 13.2 Å². The predicted molar refractivity (Wildman–Crippen MR) is 107 cm³/mol. The van der Waals surface area contributed by atoms with E-state index in [4.69, 9.17) is 0 Å². The van der Waals surface area contributed by atoms with E-state index in [-0.39, 0.29) is 4.90 Å². The van der Waals surface area contributed by atoms with Gasteiger partial charge in [-0.1, -0.05) is 46.3 Å². The van der Waals surface area contributed by atoms with E-state index in [2.05, 4.69) is 26.0 Å². The van der Waals surface area contributed by atoms with Crippen LogP contribution < -0.4 is 10.0 Å². The number of carbonyl (C=O) groups excluding carboxylic acids is 1. The number of hydrogen-bond acceptors (Lipinski definition) is 3. The van der Waals surface area contributed by atoms with Gasteiger partial charge in [0.25, 0.3) is 0 Å². The fraction of sp³-hybridized carbons (Fsp3) is 0.105. The zero-order valence-corrected chi connectivity index (χ0v) is 16.3. The Bertz CT molecular complexity index is 1050. The molecule has 0 aliphatic rings. The van der Waals surface area contributed by atoms with Gasteiger partial charge in [-0.05, 0) is 54.1 Å². The molecule has 3 rings (SSSR count). The minimum atomic E-state index is -3.81. The Balaban J connectivity index is 1.74. The van der Waals surface area contributed by atoms with Crippen molar-refractivity contribution in [1.29, 1.82) is 0 Å². The molecule has 3 aromatic carbocycles. The normalized spacial score (nSPS) is 12.7. The monoisotopic (exact) mass is 432 g/mol. The summed E-state index contributed by atoms with van der Waals surface area (Å²) in [5.41, 5.74) is 0.593. The molecule has 0 aliphatic heterocycles. The molecule has 26 heavy (non-hydrogen) atoms. The van der Waals surface area contributed by atoms with E-state index >= 15 is 0 Å². The van der Waals surface area contributed by atoms with Gasteiger partial charge in [-0.15, -0.1) is 0 Å². The molecule has 1 amide bonds. The molecule has 2 N–H and O–H groups in total. The Morgan fingerprint density at radius 2 is 1.62 bits per heavy atom. The summed E-state index contributed by atoms with van der Waals surface area (Å²) in [6, 6.07) is 18.5. The van der Waals surface area contributed by atoms with Crippen molar-refractivity contribution in [3.8, 4) is 0 Å². The highest BCUT2D eigenvalue weighted by molar-refractivity contribution is 9.10. The fourth-order valence-corrected chi connectivity index (χ4v) is 3.97. The summed E-state index contributed by atoms with van der Waals surface area (Å²) in [5.74, 6) is -0.434. The Labute approximate surface area is 160 Å². The van der Waals surface area contributed by atoms with E-state index < -0.39 is 22.0 Å². The van der Waals surface area contributed by atoms with Gasteiger partial charge < -0.3 is 5.32 Å². The Morgan fingerprint density at radius 1 is 0.962 bits per heavy atom. The minimum Gasteiger partial charge on any atom is -0.325 e. The predicted octanol–water partition coefficient (Wildman–Crippen LogP) is 3.91. The molecule has 0 aromatic heterocycles. The van der Waals surface area contributed by atoms with Crippen molar-refractivity contribution in [1.82, 2.24) is 4.72 Å². The molecule has 1 atom stereocenters. The molecule has 134 valence electrons. The number of sulfonamides is 1. The first kappa shape index (κ1) is 18.6. The lowest BCUT2D eigenvalue weighted by Gasteiger charge is -2.15. The second kappa shape index (κ2) is 7.57. The Morgan fingerprint density at radius 3 is 2.31 bits per heavy atom. The molecule has 0 bridgehead atoms. The van der Waals surface area contributed by atoms with Crippen molar-refractivity contribution in [2.75, 3.05) is 5.32 Å². The lowest BCUT2D eigenvalue weighted by atomic mass is 10.1. The van der Waals surface area contributed by atoms with Gasteiger partial charge in [0.15, 0.2) is 0 Å². The van der Waals surface area contributed by atoms with E-state index in [9.17, 15) is 13.2 Å². The highest BCUT2D eigenvalue weighted by Crippen LogP contribution is 2.19. The average Bonchev–Trinajstić information content (AvgIpc) is 2.62. The van der Waals surface area contributed by atoms with Gasteiger partial charge in [-0.2, -0.15) is 4.72 Å². The summed E-state index contributed by atoms with van der Waals surface area (Å²) in [4.78, 5) is 12.4. The van der Waals surface area contributed by atoms with Gasteiger partial charge in [-0.25, -0.2) is 8.42 Å². The third-order valence-electron chi connectivity index (χ3n) is 3.87. The van der Waals surface area contributed by atoms with Crippen LogP contribution in [0.1, 0.15) is 6.92 Å². The number of fused-ring (bicyclic) bond motifs is 1. The number of benzene rings is 3. The number of carbonyl (C=O) groups is 1. The van der Waals surface area contributed by atoms with Gasteiger partial charge in [0.1, 0.15) is 0 Å². The van der Waals surface area contributed by atoms with E-state index in [1.807, 2.05) is 24.3 Å². The summed E-state index contributed by atoms with van der Waals surface area (Å²) in [7, 11) is -3.81. The van der Waals surface area contributed by atoms with Crippen molar-refractivity contribution in [2.24, 2.45) is 0 Å². The third kappa shape index (κ3) is 4.30. The van der Waals surface area contributed by atoms with Crippen LogP contribution >= 0.6 is 15.9 Å². The lowest BCUT2D eigenvalue weighted by Crippen LogP contribution is -2.41. The SMILES string of the molecule is CC(NS(=O)(=O)c1ccc2ccccc2c1)C(=O)Nc1ccc(Br)cc1. The number of anilines is 1. The second-order valence-electron chi connectivity index (χ2n) is 5.85. The standard InChI is InChI=1S/C19H17BrN2O3S/c1-13(19(23)21-17-9-7-16(20)8-10-17)22-26(24,25)18-11-6-14-4-2-3-5-15(14)12-18/h2-13,22H,1H3,(H,21,23). The van der Waals surface area contributed by atoms with E-state index in [1.165, 1.54) is 13.0 Å². The average molecular weight is 433 g/mol. The zero-order chi connectivity index (χ0) is 18.7. The third-order valence-corrected chi connectivity index (χ3v) is 5.94. The maximum atomic E-state index is 12.6. The molecule has 0 saturated heterocycles. The van der Waals surface area contributed by atoms with Crippen LogP contribution in [0.15, 0.2) is 76.1 Å².